The average Bonchev–Trinajstić information content (AvgIpc) is 2.21. The fourth-order valence-electron chi connectivity index (χ4n) is 1.60. The number of hydrogen-bond acceptors (Lipinski definition) is 3. The lowest BCUT2D eigenvalue weighted by Gasteiger charge is -2.46. The molecule has 0 amide bonds. The number of nitrogens with two attached hydrogens (primary N) is 1. The first-order chi connectivity index (χ1) is 9.33. The van der Waals surface area contributed by atoms with Gasteiger partial charge >= 0.3 is 0 Å². The summed E-state index contributed by atoms with van der Waals surface area (Å²) in [6, 6.07) is -0.115. The Labute approximate surface area is 141 Å². The summed E-state index contributed by atoms with van der Waals surface area (Å²) in [6.07, 6.45) is 0. The molecule has 0 heterocycles. The fraction of sp³-hybridized carbons (Fsp3) is 1.00. The summed E-state index contributed by atoms with van der Waals surface area (Å²) >= 11 is 0. The van der Waals surface area contributed by atoms with Crippen LogP contribution in [0.4, 0.5) is 0 Å². The van der Waals surface area contributed by atoms with Crippen molar-refractivity contribution in [1.82, 2.24) is 0 Å². The van der Waals surface area contributed by atoms with E-state index in [0.717, 1.165) is 0 Å². The van der Waals surface area contributed by atoms with Gasteiger partial charge in [0.15, 0.2) is 16.6 Å². The molecule has 0 aliphatic heterocycles. The number of rotatable bonds is 6. The van der Waals surface area contributed by atoms with E-state index in [1.165, 1.54) is 0 Å². The third kappa shape index (κ3) is 5.75. The van der Waals surface area contributed by atoms with Gasteiger partial charge in [0.1, 0.15) is 0 Å². The molecule has 0 fully saturated rings. The van der Waals surface area contributed by atoms with Gasteiger partial charge in [-0.05, 0) is 50.1 Å². The summed E-state index contributed by atoms with van der Waals surface area (Å²) in [7, 11) is -3.60. The van der Waals surface area contributed by atoms with Crippen LogP contribution < -0.4 is 5.73 Å². The lowest BCUT2D eigenvalue weighted by atomic mass is 10.0. The molecule has 0 rings (SSSR count). The second-order valence-corrected chi connectivity index (χ2v) is 19.7. The monoisotopic (exact) mass is 347 g/mol. The van der Waals surface area contributed by atoms with Crippen LogP contribution >= 0.6 is 0 Å². The van der Waals surface area contributed by atoms with Crippen molar-refractivity contribution in [1.29, 1.82) is 0 Å². The van der Waals surface area contributed by atoms with Crippen molar-refractivity contribution < 1.29 is 8.85 Å². The topological polar surface area (TPSA) is 44.5 Å². The van der Waals surface area contributed by atoms with Crippen LogP contribution in [0.1, 0.15) is 55.4 Å². The quantitative estimate of drug-likeness (QED) is 0.677. The van der Waals surface area contributed by atoms with E-state index in [-0.39, 0.29) is 21.7 Å². The lowest BCUT2D eigenvalue weighted by molar-refractivity contribution is 0.0429. The van der Waals surface area contributed by atoms with Crippen molar-refractivity contribution in [2.45, 2.75) is 103 Å². The molecule has 0 unspecified atom stereocenters. The molecule has 0 aliphatic rings. The van der Waals surface area contributed by atoms with Gasteiger partial charge in [-0.3, -0.25) is 0 Å². The maximum atomic E-state index is 6.55. The van der Waals surface area contributed by atoms with Gasteiger partial charge in [0.05, 0.1) is 18.2 Å². The Morgan fingerprint density at radius 2 is 1.14 bits per heavy atom. The Morgan fingerprint density at radius 1 is 0.773 bits per heavy atom. The summed E-state index contributed by atoms with van der Waals surface area (Å²) in [5.41, 5.74) is 6.08. The van der Waals surface area contributed by atoms with E-state index in [4.69, 9.17) is 14.6 Å². The summed E-state index contributed by atoms with van der Waals surface area (Å²) < 4.78 is 12.8. The lowest BCUT2D eigenvalue weighted by Crippen LogP contribution is -2.57. The van der Waals surface area contributed by atoms with E-state index in [1.807, 2.05) is 0 Å². The number of hydrogen-bond donors (Lipinski definition) is 1. The molecule has 0 aromatic heterocycles. The zero-order valence-corrected chi connectivity index (χ0v) is 19.2. The zero-order chi connectivity index (χ0) is 18.2. The van der Waals surface area contributed by atoms with Crippen molar-refractivity contribution in [2.24, 2.45) is 5.73 Å². The minimum Gasteiger partial charge on any atom is -0.415 e. The molecule has 0 aliphatic carbocycles. The van der Waals surface area contributed by atoms with Gasteiger partial charge in [0.2, 0.25) is 0 Å². The van der Waals surface area contributed by atoms with Crippen molar-refractivity contribution in [2.75, 3.05) is 6.61 Å². The molecule has 3 nitrogen and oxygen atoms in total. The van der Waals surface area contributed by atoms with E-state index in [0.29, 0.717) is 6.61 Å². The van der Waals surface area contributed by atoms with Gasteiger partial charge in [-0.2, -0.15) is 0 Å². The molecule has 0 bridgehead atoms. The van der Waals surface area contributed by atoms with Crippen molar-refractivity contribution in [3.8, 4) is 0 Å². The molecule has 0 radical (unpaired) electrons. The van der Waals surface area contributed by atoms with Crippen LogP contribution in [0, 0.1) is 0 Å². The van der Waals surface area contributed by atoms with Crippen LogP contribution in [0.25, 0.3) is 0 Å². The van der Waals surface area contributed by atoms with Crippen LogP contribution in [0.3, 0.4) is 0 Å². The summed E-state index contributed by atoms with van der Waals surface area (Å²) in [6.45, 7) is 27.4. The Balaban J connectivity index is 4.89. The van der Waals surface area contributed by atoms with E-state index in [1.54, 1.807) is 0 Å². The zero-order valence-electron chi connectivity index (χ0n) is 17.2. The molecular weight excluding hydrogens is 306 g/mol. The highest BCUT2D eigenvalue weighted by atomic mass is 28.4. The smallest absolute Gasteiger partial charge is 0.192 e. The second kappa shape index (κ2) is 6.67. The highest BCUT2D eigenvalue weighted by molar-refractivity contribution is 6.74. The summed E-state index contributed by atoms with van der Waals surface area (Å²) in [4.78, 5) is 0. The summed E-state index contributed by atoms with van der Waals surface area (Å²) in [5, 5.41) is 0.390. The average molecular weight is 348 g/mol. The first kappa shape index (κ1) is 22.3. The predicted octanol–water partition coefficient (Wildman–Crippen LogP) is 5.14. The highest BCUT2D eigenvalue weighted by Gasteiger charge is 2.44. The Morgan fingerprint density at radius 3 is 1.45 bits per heavy atom. The molecule has 0 saturated heterocycles. The van der Waals surface area contributed by atoms with Gasteiger partial charge in [-0.15, -0.1) is 0 Å². The fourth-order valence-corrected chi connectivity index (χ4v) is 4.40. The van der Waals surface area contributed by atoms with E-state index in [9.17, 15) is 0 Å². The largest absolute Gasteiger partial charge is 0.415 e. The van der Waals surface area contributed by atoms with Crippen LogP contribution in [-0.4, -0.2) is 34.9 Å². The second-order valence-electron chi connectivity index (χ2n) is 10.1. The van der Waals surface area contributed by atoms with Crippen molar-refractivity contribution in [3.63, 3.8) is 0 Å². The molecule has 22 heavy (non-hydrogen) atoms. The first-order valence-electron chi connectivity index (χ1n) is 8.43. The molecule has 1 atom stereocenters. The van der Waals surface area contributed by atoms with Crippen LogP contribution in [0.15, 0.2) is 0 Å². The van der Waals surface area contributed by atoms with Crippen molar-refractivity contribution in [3.05, 3.63) is 0 Å². The molecule has 2 N–H and O–H groups in total. The normalized spacial score (nSPS) is 16.8. The molecule has 134 valence electrons. The standard InChI is InChI=1S/C17H41NO2Si2/c1-15(2,3)21(9,10)19-13-14(18)17(7,8)20-22(11,12)16(4,5)6/h14H,13,18H2,1-12H3/t14-/m1/s1. The van der Waals surface area contributed by atoms with E-state index >= 15 is 0 Å². The Kier molecular flexibility index (Phi) is 6.76. The molecule has 0 spiro atoms. The van der Waals surface area contributed by atoms with Gasteiger partial charge in [0, 0.05) is 0 Å². The highest BCUT2D eigenvalue weighted by Crippen LogP contribution is 2.40. The van der Waals surface area contributed by atoms with Gasteiger partial charge in [-0.1, -0.05) is 41.5 Å². The van der Waals surface area contributed by atoms with Crippen LogP contribution in [-0.2, 0) is 8.85 Å². The van der Waals surface area contributed by atoms with Crippen LogP contribution in [0.2, 0.25) is 36.3 Å². The summed E-state index contributed by atoms with van der Waals surface area (Å²) in [5.74, 6) is 0. The maximum absolute atomic E-state index is 6.55. The first-order valence-corrected chi connectivity index (χ1v) is 14.2. The molecule has 0 saturated carbocycles. The minimum absolute atomic E-state index is 0.115. The van der Waals surface area contributed by atoms with Crippen molar-refractivity contribution >= 4 is 16.6 Å². The SMILES string of the molecule is CC(C)(O[Si](C)(C)C(C)(C)C)[C@H](N)CO[Si](C)(C)C(C)(C)C. The molecule has 0 aromatic rings. The van der Waals surface area contributed by atoms with Crippen LogP contribution in [0.5, 0.6) is 0 Å². The maximum Gasteiger partial charge on any atom is 0.192 e. The molecule has 5 heteroatoms. The van der Waals surface area contributed by atoms with Gasteiger partial charge < -0.3 is 14.6 Å². The van der Waals surface area contributed by atoms with Gasteiger partial charge in [-0.25, -0.2) is 0 Å². The third-order valence-corrected chi connectivity index (χ3v) is 14.8. The molecular formula is C17H41NO2Si2. The Hall–Kier alpha value is 0.314. The predicted molar refractivity (Wildman–Crippen MR) is 103 cm³/mol. The Bertz CT molecular complexity index is 366. The minimum atomic E-state index is -1.84. The van der Waals surface area contributed by atoms with E-state index in [2.05, 4.69) is 81.6 Å². The molecule has 0 aromatic carbocycles. The van der Waals surface area contributed by atoms with E-state index < -0.39 is 16.6 Å². The van der Waals surface area contributed by atoms with Gasteiger partial charge in [0.25, 0.3) is 0 Å². The third-order valence-electron chi connectivity index (χ3n) is 5.65.